The van der Waals surface area contributed by atoms with Gasteiger partial charge in [0.15, 0.2) is 5.78 Å². The Morgan fingerprint density at radius 1 is 1.43 bits per heavy atom. The Kier molecular flexibility index (Phi) is 6.17. The first-order chi connectivity index (χ1) is 9.79. The molecular weight excluding hydrogens is 330 g/mol. The minimum atomic E-state index is -0.585. The highest BCUT2D eigenvalue weighted by atomic mass is 79.9. The lowest BCUT2D eigenvalue weighted by molar-refractivity contribution is -0.121. The van der Waals surface area contributed by atoms with E-state index in [4.69, 9.17) is 4.74 Å². The SMILES string of the molecule is CCCOc1ccc(Br)cc1/C=C(\C#N)C(=O)C(C)(C)C. The van der Waals surface area contributed by atoms with Crippen LogP contribution in [0.3, 0.4) is 0 Å². The normalized spacial score (nSPS) is 11.9. The maximum Gasteiger partial charge on any atom is 0.178 e. The lowest BCUT2D eigenvalue weighted by atomic mass is 9.86. The number of nitriles is 1. The minimum Gasteiger partial charge on any atom is -0.493 e. The van der Waals surface area contributed by atoms with Crippen LogP contribution >= 0.6 is 15.9 Å². The van der Waals surface area contributed by atoms with E-state index >= 15 is 0 Å². The second kappa shape index (κ2) is 7.42. The van der Waals surface area contributed by atoms with E-state index in [1.165, 1.54) is 0 Å². The summed E-state index contributed by atoms with van der Waals surface area (Å²) in [7, 11) is 0. The van der Waals surface area contributed by atoms with Gasteiger partial charge in [-0.3, -0.25) is 4.79 Å². The predicted molar refractivity (Wildman–Crippen MR) is 88.0 cm³/mol. The summed E-state index contributed by atoms with van der Waals surface area (Å²) >= 11 is 3.40. The Balaban J connectivity index is 3.25. The number of ketones is 1. The molecule has 0 radical (unpaired) electrons. The van der Waals surface area contributed by atoms with Crippen LogP contribution in [-0.2, 0) is 4.79 Å². The van der Waals surface area contributed by atoms with Gasteiger partial charge in [0.25, 0.3) is 0 Å². The fraction of sp³-hybridized carbons (Fsp3) is 0.412. The topological polar surface area (TPSA) is 50.1 Å². The Morgan fingerprint density at radius 2 is 2.10 bits per heavy atom. The first-order valence-corrected chi connectivity index (χ1v) is 7.68. The van der Waals surface area contributed by atoms with Gasteiger partial charge in [-0.1, -0.05) is 43.6 Å². The van der Waals surface area contributed by atoms with E-state index in [0.717, 1.165) is 16.5 Å². The third-order valence-electron chi connectivity index (χ3n) is 2.78. The highest BCUT2D eigenvalue weighted by Crippen LogP contribution is 2.28. The second-order valence-electron chi connectivity index (χ2n) is 5.78. The molecule has 0 heterocycles. The highest BCUT2D eigenvalue weighted by molar-refractivity contribution is 9.10. The molecule has 0 aliphatic rings. The maximum absolute atomic E-state index is 12.3. The number of benzene rings is 1. The number of hydrogen-bond donors (Lipinski definition) is 0. The van der Waals surface area contributed by atoms with Crippen molar-refractivity contribution in [3.63, 3.8) is 0 Å². The van der Waals surface area contributed by atoms with E-state index in [9.17, 15) is 10.1 Å². The van der Waals surface area contributed by atoms with Crippen molar-refractivity contribution in [2.45, 2.75) is 34.1 Å². The van der Waals surface area contributed by atoms with Crippen molar-refractivity contribution in [1.29, 1.82) is 5.26 Å². The van der Waals surface area contributed by atoms with Crippen LogP contribution in [0.25, 0.3) is 6.08 Å². The van der Waals surface area contributed by atoms with Crippen LogP contribution in [0.1, 0.15) is 39.7 Å². The molecule has 0 aliphatic carbocycles. The molecule has 1 aromatic rings. The molecular formula is C17H20BrNO2. The molecule has 0 saturated heterocycles. The van der Waals surface area contributed by atoms with Gasteiger partial charge in [-0.25, -0.2) is 0 Å². The molecule has 0 bridgehead atoms. The lowest BCUT2D eigenvalue weighted by Crippen LogP contribution is -2.21. The van der Waals surface area contributed by atoms with Gasteiger partial charge in [0.1, 0.15) is 11.8 Å². The Bertz CT molecular complexity index is 592. The molecule has 0 N–H and O–H groups in total. The number of nitrogens with zero attached hydrogens (tertiary/aromatic N) is 1. The van der Waals surface area contributed by atoms with Crippen molar-refractivity contribution >= 4 is 27.8 Å². The molecule has 0 unspecified atom stereocenters. The van der Waals surface area contributed by atoms with Crippen LogP contribution in [0, 0.1) is 16.7 Å². The van der Waals surface area contributed by atoms with E-state index in [1.54, 1.807) is 26.8 Å². The summed E-state index contributed by atoms with van der Waals surface area (Å²) in [5, 5.41) is 9.27. The number of rotatable bonds is 5. The van der Waals surface area contributed by atoms with Crippen LogP contribution in [0.5, 0.6) is 5.75 Å². The van der Waals surface area contributed by atoms with Gasteiger partial charge >= 0.3 is 0 Å². The van der Waals surface area contributed by atoms with Gasteiger partial charge in [-0.15, -0.1) is 0 Å². The van der Waals surface area contributed by atoms with Gasteiger partial charge in [-0.05, 0) is 30.7 Å². The van der Waals surface area contributed by atoms with E-state index in [-0.39, 0.29) is 11.4 Å². The van der Waals surface area contributed by atoms with E-state index in [2.05, 4.69) is 15.9 Å². The van der Waals surface area contributed by atoms with Crippen LogP contribution < -0.4 is 4.74 Å². The zero-order chi connectivity index (χ0) is 16.0. The first-order valence-electron chi connectivity index (χ1n) is 6.88. The lowest BCUT2D eigenvalue weighted by Gasteiger charge is -2.16. The average Bonchev–Trinajstić information content (AvgIpc) is 2.42. The van der Waals surface area contributed by atoms with Gasteiger partial charge in [0, 0.05) is 15.5 Å². The number of hydrogen-bond acceptors (Lipinski definition) is 3. The molecule has 21 heavy (non-hydrogen) atoms. The Labute approximate surface area is 134 Å². The zero-order valence-electron chi connectivity index (χ0n) is 12.9. The molecule has 0 fully saturated rings. The monoisotopic (exact) mass is 349 g/mol. The maximum atomic E-state index is 12.3. The second-order valence-corrected chi connectivity index (χ2v) is 6.70. The van der Waals surface area contributed by atoms with Crippen molar-refractivity contribution in [3.05, 3.63) is 33.8 Å². The summed E-state index contributed by atoms with van der Waals surface area (Å²) in [6.07, 6.45) is 2.49. The van der Waals surface area contributed by atoms with Crippen LogP contribution in [-0.4, -0.2) is 12.4 Å². The van der Waals surface area contributed by atoms with E-state index in [1.807, 2.05) is 31.2 Å². The van der Waals surface area contributed by atoms with Crippen LogP contribution in [0.15, 0.2) is 28.2 Å². The molecule has 0 amide bonds. The van der Waals surface area contributed by atoms with Crippen molar-refractivity contribution in [3.8, 4) is 11.8 Å². The summed E-state index contributed by atoms with van der Waals surface area (Å²) in [4.78, 5) is 12.3. The molecule has 0 atom stereocenters. The largest absolute Gasteiger partial charge is 0.493 e. The van der Waals surface area contributed by atoms with Gasteiger partial charge in [0.05, 0.1) is 12.2 Å². The average molecular weight is 350 g/mol. The van der Waals surface area contributed by atoms with E-state index in [0.29, 0.717) is 12.4 Å². The Morgan fingerprint density at radius 3 is 2.62 bits per heavy atom. The number of halogens is 1. The molecule has 0 saturated carbocycles. The Hall–Kier alpha value is -1.60. The van der Waals surface area contributed by atoms with Gasteiger partial charge < -0.3 is 4.74 Å². The fourth-order valence-corrected chi connectivity index (χ4v) is 2.06. The summed E-state index contributed by atoms with van der Waals surface area (Å²) in [6.45, 7) is 8.03. The third kappa shape index (κ3) is 5.02. The quantitative estimate of drug-likeness (QED) is 0.568. The van der Waals surface area contributed by atoms with Gasteiger partial charge in [-0.2, -0.15) is 5.26 Å². The summed E-state index contributed by atoms with van der Waals surface area (Å²) in [5.74, 6) is 0.501. The highest BCUT2D eigenvalue weighted by Gasteiger charge is 2.25. The molecule has 1 aromatic carbocycles. The number of carbonyl (C=O) groups is 1. The molecule has 1 rings (SSSR count). The number of ether oxygens (including phenoxy) is 1. The molecule has 0 aromatic heterocycles. The standard InChI is InChI=1S/C17H20BrNO2/c1-5-8-21-15-7-6-14(18)10-12(15)9-13(11-19)16(20)17(2,3)4/h6-7,9-10H,5,8H2,1-4H3/b13-9+. The fourth-order valence-electron chi connectivity index (χ4n) is 1.68. The van der Waals surface area contributed by atoms with Crippen molar-refractivity contribution in [2.24, 2.45) is 5.41 Å². The molecule has 3 nitrogen and oxygen atoms in total. The molecule has 4 heteroatoms. The summed E-state index contributed by atoms with van der Waals surface area (Å²) in [5.41, 5.74) is 0.284. The van der Waals surface area contributed by atoms with Crippen LogP contribution in [0.2, 0.25) is 0 Å². The third-order valence-corrected chi connectivity index (χ3v) is 3.27. The molecule has 0 spiro atoms. The molecule has 112 valence electrons. The number of allylic oxidation sites excluding steroid dienone is 1. The summed E-state index contributed by atoms with van der Waals surface area (Å²) in [6, 6.07) is 7.56. The van der Waals surface area contributed by atoms with Crippen molar-refractivity contribution in [2.75, 3.05) is 6.61 Å². The predicted octanol–water partition coefficient (Wildman–Crippen LogP) is 4.76. The molecule has 0 aliphatic heterocycles. The number of Topliss-reactive ketones (excluding diaryl/α,β-unsaturated/α-hetero) is 1. The van der Waals surface area contributed by atoms with Gasteiger partial charge in [0.2, 0.25) is 0 Å². The van der Waals surface area contributed by atoms with E-state index < -0.39 is 5.41 Å². The minimum absolute atomic E-state index is 0.141. The zero-order valence-corrected chi connectivity index (χ0v) is 14.5. The van der Waals surface area contributed by atoms with Crippen LogP contribution in [0.4, 0.5) is 0 Å². The first kappa shape index (κ1) is 17.5. The van der Waals surface area contributed by atoms with Crippen molar-refractivity contribution in [1.82, 2.24) is 0 Å². The number of carbonyl (C=O) groups excluding carboxylic acids is 1. The smallest absolute Gasteiger partial charge is 0.178 e. The van der Waals surface area contributed by atoms with Crippen molar-refractivity contribution < 1.29 is 9.53 Å². The summed E-state index contributed by atoms with van der Waals surface area (Å²) < 4.78 is 6.54.